The first-order valence-electron chi connectivity index (χ1n) is 8.11. The molecule has 3 aromatic rings. The van der Waals surface area contributed by atoms with Gasteiger partial charge in [-0.2, -0.15) is 0 Å². The van der Waals surface area contributed by atoms with Crippen LogP contribution >= 0.6 is 23.4 Å². The van der Waals surface area contributed by atoms with Crippen LogP contribution in [0, 0.1) is 0 Å². The Balaban J connectivity index is 1.61. The molecular weight excluding hydrogens is 404 g/mol. The van der Waals surface area contributed by atoms with E-state index in [4.69, 9.17) is 21.1 Å². The number of carbonyl (C=O) groups is 1. The van der Waals surface area contributed by atoms with Crippen LogP contribution in [0.1, 0.15) is 5.69 Å². The van der Waals surface area contributed by atoms with Gasteiger partial charge in [-0.25, -0.2) is 4.68 Å². The summed E-state index contributed by atoms with van der Waals surface area (Å²) < 4.78 is 12.5. The maximum Gasteiger partial charge on any atom is 0.262 e. The van der Waals surface area contributed by atoms with Gasteiger partial charge in [0, 0.05) is 29.6 Å². The van der Waals surface area contributed by atoms with Crippen molar-refractivity contribution in [3.8, 4) is 11.5 Å². The SMILES string of the molecule is COc1cnc(CSc2nnnn2C)cc1OCC(=O)Nc1cccc(Cl)c1. The number of tetrazole rings is 1. The average Bonchev–Trinajstić information content (AvgIpc) is 3.09. The molecule has 0 unspecified atom stereocenters. The molecule has 0 fully saturated rings. The van der Waals surface area contributed by atoms with E-state index in [-0.39, 0.29) is 12.5 Å². The molecule has 1 amide bonds. The van der Waals surface area contributed by atoms with Crippen molar-refractivity contribution in [1.82, 2.24) is 25.2 Å². The van der Waals surface area contributed by atoms with Gasteiger partial charge >= 0.3 is 0 Å². The van der Waals surface area contributed by atoms with E-state index in [9.17, 15) is 4.79 Å². The van der Waals surface area contributed by atoms with Gasteiger partial charge < -0.3 is 14.8 Å². The van der Waals surface area contributed by atoms with Gasteiger partial charge in [-0.1, -0.05) is 29.4 Å². The molecule has 1 N–H and O–H groups in total. The maximum atomic E-state index is 12.1. The molecule has 0 saturated carbocycles. The second-order valence-electron chi connectivity index (χ2n) is 5.55. The fraction of sp³-hybridized carbons (Fsp3) is 0.235. The normalized spacial score (nSPS) is 10.5. The highest BCUT2D eigenvalue weighted by Gasteiger charge is 2.12. The maximum absolute atomic E-state index is 12.1. The van der Waals surface area contributed by atoms with Crippen molar-refractivity contribution in [3.05, 3.63) is 47.2 Å². The van der Waals surface area contributed by atoms with Crippen LogP contribution in [-0.4, -0.2) is 44.8 Å². The van der Waals surface area contributed by atoms with Gasteiger partial charge in [0.15, 0.2) is 18.1 Å². The summed E-state index contributed by atoms with van der Waals surface area (Å²) in [5.41, 5.74) is 1.33. The molecule has 3 rings (SSSR count). The van der Waals surface area contributed by atoms with Crippen molar-refractivity contribution in [3.63, 3.8) is 0 Å². The highest BCUT2D eigenvalue weighted by molar-refractivity contribution is 7.98. The molecule has 11 heteroatoms. The van der Waals surface area contributed by atoms with Gasteiger partial charge in [0.2, 0.25) is 5.16 Å². The lowest BCUT2D eigenvalue weighted by molar-refractivity contribution is -0.118. The van der Waals surface area contributed by atoms with Gasteiger partial charge in [-0.3, -0.25) is 9.78 Å². The van der Waals surface area contributed by atoms with Crippen LogP contribution in [-0.2, 0) is 17.6 Å². The minimum Gasteiger partial charge on any atom is -0.491 e. The Labute approximate surface area is 170 Å². The van der Waals surface area contributed by atoms with Crippen molar-refractivity contribution in [2.75, 3.05) is 19.0 Å². The van der Waals surface area contributed by atoms with Gasteiger partial charge in [-0.15, -0.1) is 5.10 Å². The van der Waals surface area contributed by atoms with Crippen molar-refractivity contribution in [2.45, 2.75) is 10.9 Å². The largest absolute Gasteiger partial charge is 0.491 e. The number of hydrogen-bond acceptors (Lipinski definition) is 8. The van der Waals surface area contributed by atoms with E-state index in [0.29, 0.717) is 33.1 Å². The van der Waals surface area contributed by atoms with E-state index in [0.717, 1.165) is 5.69 Å². The molecule has 0 aliphatic heterocycles. The molecule has 1 aromatic carbocycles. The van der Waals surface area contributed by atoms with E-state index < -0.39 is 0 Å². The van der Waals surface area contributed by atoms with Crippen molar-refractivity contribution in [2.24, 2.45) is 7.05 Å². The number of hydrogen-bond donors (Lipinski definition) is 1. The second kappa shape index (κ2) is 9.38. The number of pyridine rings is 1. The monoisotopic (exact) mass is 420 g/mol. The minimum atomic E-state index is -0.317. The van der Waals surface area contributed by atoms with Crippen molar-refractivity contribution in [1.29, 1.82) is 0 Å². The number of nitrogens with zero attached hydrogens (tertiary/aromatic N) is 5. The second-order valence-corrected chi connectivity index (χ2v) is 6.93. The lowest BCUT2D eigenvalue weighted by atomic mass is 10.3. The zero-order valence-electron chi connectivity index (χ0n) is 15.1. The zero-order chi connectivity index (χ0) is 19.9. The fourth-order valence-electron chi connectivity index (χ4n) is 2.20. The van der Waals surface area contributed by atoms with E-state index in [1.54, 1.807) is 48.3 Å². The number of nitrogens with one attached hydrogen (secondary N) is 1. The molecule has 0 spiro atoms. The Hall–Kier alpha value is -2.85. The Morgan fingerprint density at radius 1 is 1.32 bits per heavy atom. The molecule has 2 heterocycles. The lowest BCUT2D eigenvalue weighted by Gasteiger charge is -2.12. The molecule has 0 radical (unpaired) electrons. The van der Waals surface area contributed by atoms with E-state index in [2.05, 4.69) is 25.8 Å². The van der Waals surface area contributed by atoms with Crippen LogP contribution in [0.25, 0.3) is 0 Å². The Morgan fingerprint density at radius 2 is 2.18 bits per heavy atom. The molecule has 0 aliphatic carbocycles. The third kappa shape index (κ3) is 5.33. The van der Waals surface area contributed by atoms with Crippen LogP contribution in [0.4, 0.5) is 5.69 Å². The lowest BCUT2D eigenvalue weighted by Crippen LogP contribution is -2.20. The van der Waals surface area contributed by atoms with Gasteiger partial charge in [0.1, 0.15) is 0 Å². The minimum absolute atomic E-state index is 0.188. The number of carbonyl (C=O) groups excluding carboxylic acids is 1. The number of thioether (sulfide) groups is 1. The van der Waals surface area contributed by atoms with Crippen molar-refractivity contribution < 1.29 is 14.3 Å². The number of rotatable bonds is 8. The molecule has 0 aliphatic rings. The smallest absolute Gasteiger partial charge is 0.262 e. The highest BCUT2D eigenvalue weighted by Crippen LogP contribution is 2.29. The van der Waals surface area contributed by atoms with Gasteiger partial charge in [-0.05, 0) is 28.6 Å². The van der Waals surface area contributed by atoms with Crippen LogP contribution in [0.2, 0.25) is 5.02 Å². The summed E-state index contributed by atoms with van der Waals surface area (Å²) in [6.45, 7) is -0.188. The Kier molecular flexibility index (Phi) is 6.66. The van der Waals surface area contributed by atoms with Crippen LogP contribution in [0.3, 0.4) is 0 Å². The van der Waals surface area contributed by atoms with Gasteiger partial charge in [0.25, 0.3) is 5.91 Å². The summed E-state index contributed by atoms with van der Waals surface area (Å²) in [5, 5.41) is 15.2. The quantitative estimate of drug-likeness (QED) is 0.554. The third-order valence-corrected chi connectivity index (χ3v) is 4.78. The first-order chi connectivity index (χ1) is 13.5. The van der Waals surface area contributed by atoms with Crippen LogP contribution in [0.15, 0.2) is 41.7 Å². The summed E-state index contributed by atoms with van der Waals surface area (Å²) in [6, 6.07) is 8.60. The molecular formula is C17H17ClN6O3S. The molecule has 9 nitrogen and oxygen atoms in total. The predicted octanol–water partition coefficient (Wildman–Crippen LogP) is 2.58. The number of anilines is 1. The summed E-state index contributed by atoms with van der Waals surface area (Å²) in [5.74, 6) is 1.07. The molecule has 2 aromatic heterocycles. The molecule has 0 saturated heterocycles. The number of aromatic nitrogens is 5. The first kappa shape index (κ1) is 19.9. The number of ether oxygens (including phenoxy) is 2. The Bertz CT molecular complexity index is 968. The Morgan fingerprint density at radius 3 is 2.89 bits per heavy atom. The topological polar surface area (TPSA) is 104 Å². The molecule has 0 atom stereocenters. The summed E-state index contributed by atoms with van der Waals surface area (Å²) in [6.07, 6.45) is 1.55. The standard InChI is InChI=1S/C17H17ClN6O3S/c1-24-17(21-22-23-24)28-10-13-7-14(15(26-2)8-19-13)27-9-16(25)20-12-5-3-4-11(18)6-12/h3-8H,9-10H2,1-2H3,(H,20,25). The molecule has 28 heavy (non-hydrogen) atoms. The summed E-state index contributed by atoms with van der Waals surface area (Å²) in [4.78, 5) is 16.5. The fourth-order valence-corrected chi connectivity index (χ4v) is 3.14. The highest BCUT2D eigenvalue weighted by atomic mass is 35.5. The van der Waals surface area contributed by atoms with E-state index >= 15 is 0 Å². The zero-order valence-corrected chi connectivity index (χ0v) is 16.7. The summed E-state index contributed by atoms with van der Waals surface area (Å²) >= 11 is 7.35. The first-order valence-corrected chi connectivity index (χ1v) is 9.48. The third-order valence-electron chi connectivity index (χ3n) is 3.51. The number of aryl methyl sites for hydroxylation is 1. The molecule has 0 bridgehead atoms. The van der Waals surface area contributed by atoms with Crippen LogP contribution < -0.4 is 14.8 Å². The summed E-state index contributed by atoms with van der Waals surface area (Å²) in [7, 11) is 3.27. The van der Waals surface area contributed by atoms with Crippen molar-refractivity contribution >= 4 is 35.0 Å². The predicted molar refractivity (Wildman–Crippen MR) is 105 cm³/mol. The number of amides is 1. The average molecular weight is 421 g/mol. The molecule has 146 valence electrons. The number of benzene rings is 1. The van der Waals surface area contributed by atoms with Gasteiger partial charge in [0.05, 0.1) is 19.0 Å². The van der Waals surface area contributed by atoms with E-state index in [1.807, 2.05) is 0 Å². The number of halogens is 1. The van der Waals surface area contributed by atoms with Crippen LogP contribution in [0.5, 0.6) is 11.5 Å². The van der Waals surface area contributed by atoms with E-state index in [1.165, 1.54) is 18.9 Å². The number of methoxy groups -OCH3 is 1.